The fourth-order valence-corrected chi connectivity index (χ4v) is 3.36. The molecule has 3 rings (SSSR count). The van der Waals surface area contributed by atoms with E-state index in [2.05, 4.69) is 59.6 Å². The van der Waals surface area contributed by atoms with Crippen molar-refractivity contribution >= 4 is 22.4 Å². The summed E-state index contributed by atoms with van der Waals surface area (Å²) in [5.41, 5.74) is 1.22. The van der Waals surface area contributed by atoms with E-state index in [1.807, 2.05) is 6.07 Å². The van der Waals surface area contributed by atoms with Gasteiger partial charge in [0.25, 0.3) is 0 Å². The van der Waals surface area contributed by atoms with E-state index in [-0.39, 0.29) is 5.41 Å². The molecule has 0 amide bonds. The number of nitrogens with one attached hydrogen (secondary N) is 1. The predicted octanol–water partition coefficient (Wildman–Crippen LogP) is 3.53. The van der Waals surface area contributed by atoms with E-state index in [9.17, 15) is 0 Å². The molecule has 1 aliphatic rings. The SMILES string of the molecule is CC(C)(C)c1nsc(N2CCC(Nc3ccccc3)C2)n1. The molecular weight excluding hydrogens is 280 g/mol. The smallest absolute Gasteiger partial charge is 0.205 e. The van der Waals surface area contributed by atoms with Crippen molar-refractivity contribution in [1.82, 2.24) is 9.36 Å². The molecule has 21 heavy (non-hydrogen) atoms. The fourth-order valence-electron chi connectivity index (χ4n) is 2.47. The van der Waals surface area contributed by atoms with Gasteiger partial charge < -0.3 is 10.2 Å². The first-order valence-corrected chi connectivity index (χ1v) is 8.20. The number of anilines is 2. The number of aromatic nitrogens is 2. The highest BCUT2D eigenvalue weighted by molar-refractivity contribution is 7.09. The van der Waals surface area contributed by atoms with E-state index < -0.39 is 0 Å². The molecule has 0 spiro atoms. The third-order valence-electron chi connectivity index (χ3n) is 3.69. The summed E-state index contributed by atoms with van der Waals surface area (Å²) < 4.78 is 4.51. The lowest BCUT2D eigenvalue weighted by molar-refractivity contribution is 0.554. The third-order valence-corrected chi connectivity index (χ3v) is 4.47. The highest BCUT2D eigenvalue weighted by atomic mass is 32.1. The van der Waals surface area contributed by atoms with Gasteiger partial charge in [-0.15, -0.1) is 0 Å². The molecule has 1 aliphatic heterocycles. The molecule has 1 saturated heterocycles. The van der Waals surface area contributed by atoms with Crippen LogP contribution in [0.1, 0.15) is 33.0 Å². The van der Waals surface area contributed by atoms with E-state index in [1.165, 1.54) is 17.2 Å². The second-order valence-electron chi connectivity index (χ2n) is 6.59. The molecule has 4 nitrogen and oxygen atoms in total. The number of hydrogen-bond acceptors (Lipinski definition) is 5. The van der Waals surface area contributed by atoms with Crippen LogP contribution in [0.25, 0.3) is 0 Å². The van der Waals surface area contributed by atoms with Gasteiger partial charge in [0.05, 0.1) is 0 Å². The Balaban J connectivity index is 1.63. The first-order chi connectivity index (χ1) is 10.0. The highest BCUT2D eigenvalue weighted by Gasteiger charge is 2.27. The molecule has 1 unspecified atom stereocenters. The molecule has 2 aromatic rings. The van der Waals surface area contributed by atoms with Crippen LogP contribution in [-0.4, -0.2) is 28.5 Å². The Kier molecular flexibility index (Phi) is 3.85. The van der Waals surface area contributed by atoms with Crippen LogP contribution in [-0.2, 0) is 5.41 Å². The number of benzene rings is 1. The summed E-state index contributed by atoms with van der Waals surface area (Å²) in [6.07, 6.45) is 1.14. The maximum atomic E-state index is 4.71. The molecule has 1 atom stereocenters. The van der Waals surface area contributed by atoms with Gasteiger partial charge in [-0.3, -0.25) is 0 Å². The third kappa shape index (κ3) is 3.35. The molecule has 5 heteroatoms. The summed E-state index contributed by atoms with van der Waals surface area (Å²) in [7, 11) is 0. The van der Waals surface area contributed by atoms with Crippen LogP contribution >= 0.6 is 11.5 Å². The summed E-state index contributed by atoms with van der Waals surface area (Å²) in [5.74, 6) is 0.946. The second kappa shape index (κ2) is 5.64. The molecule has 1 N–H and O–H groups in total. The van der Waals surface area contributed by atoms with Crippen LogP contribution in [0.15, 0.2) is 30.3 Å². The lowest BCUT2D eigenvalue weighted by Gasteiger charge is -2.17. The zero-order valence-electron chi connectivity index (χ0n) is 12.8. The zero-order valence-corrected chi connectivity index (χ0v) is 13.7. The van der Waals surface area contributed by atoms with Crippen LogP contribution in [0.4, 0.5) is 10.8 Å². The van der Waals surface area contributed by atoms with Crippen LogP contribution in [0, 0.1) is 0 Å². The topological polar surface area (TPSA) is 41.1 Å². The summed E-state index contributed by atoms with van der Waals surface area (Å²) in [4.78, 5) is 7.05. The van der Waals surface area contributed by atoms with Gasteiger partial charge in [0.15, 0.2) is 0 Å². The first kappa shape index (κ1) is 14.3. The van der Waals surface area contributed by atoms with Gasteiger partial charge in [-0.05, 0) is 18.6 Å². The Morgan fingerprint density at radius 1 is 1.24 bits per heavy atom. The minimum absolute atomic E-state index is 0.0240. The standard InChI is InChI=1S/C16H22N4S/c1-16(2,3)14-18-15(21-19-14)20-10-9-13(11-20)17-12-7-5-4-6-8-12/h4-8,13,17H,9-11H2,1-3H3. The Morgan fingerprint density at radius 3 is 2.67 bits per heavy atom. The Labute approximate surface area is 130 Å². The molecule has 0 radical (unpaired) electrons. The van der Waals surface area contributed by atoms with Crippen molar-refractivity contribution in [2.24, 2.45) is 0 Å². The highest BCUT2D eigenvalue weighted by Crippen LogP contribution is 2.28. The number of rotatable bonds is 3. The quantitative estimate of drug-likeness (QED) is 0.942. The van der Waals surface area contributed by atoms with Gasteiger partial charge in [0, 0.05) is 41.8 Å². The summed E-state index contributed by atoms with van der Waals surface area (Å²) in [5, 5.41) is 4.65. The van der Waals surface area contributed by atoms with Crippen molar-refractivity contribution in [1.29, 1.82) is 0 Å². The molecule has 0 bridgehead atoms. The molecule has 0 aliphatic carbocycles. The van der Waals surface area contributed by atoms with E-state index in [1.54, 1.807) is 0 Å². The van der Waals surface area contributed by atoms with Crippen molar-refractivity contribution in [2.45, 2.75) is 38.6 Å². The average molecular weight is 302 g/mol. The molecule has 112 valence electrons. The average Bonchev–Trinajstić information content (AvgIpc) is 3.07. The molecular formula is C16H22N4S. The Bertz CT molecular complexity index is 588. The maximum absolute atomic E-state index is 4.71. The van der Waals surface area contributed by atoms with Crippen molar-refractivity contribution in [3.8, 4) is 0 Å². The van der Waals surface area contributed by atoms with Crippen LogP contribution in [0.5, 0.6) is 0 Å². The van der Waals surface area contributed by atoms with Crippen molar-refractivity contribution in [3.63, 3.8) is 0 Å². The van der Waals surface area contributed by atoms with Crippen LogP contribution in [0.2, 0.25) is 0 Å². The van der Waals surface area contributed by atoms with Crippen molar-refractivity contribution < 1.29 is 0 Å². The summed E-state index contributed by atoms with van der Waals surface area (Å²) in [6.45, 7) is 8.50. The monoisotopic (exact) mass is 302 g/mol. The fraction of sp³-hybridized carbons (Fsp3) is 0.500. The molecule has 1 fully saturated rings. The second-order valence-corrected chi connectivity index (χ2v) is 7.32. The van der Waals surface area contributed by atoms with Crippen LogP contribution in [0.3, 0.4) is 0 Å². The van der Waals surface area contributed by atoms with Gasteiger partial charge in [-0.1, -0.05) is 39.0 Å². The van der Waals surface area contributed by atoms with Gasteiger partial charge in [-0.2, -0.15) is 4.37 Å². The van der Waals surface area contributed by atoms with Gasteiger partial charge in [-0.25, -0.2) is 4.98 Å². The lowest BCUT2D eigenvalue weighted by atomic mass is 9.96. The number of hydrogen-bond donors (Lipinski definition) is 1. The molecule has 2 heterocycles. The van der Waals surface area contributed by atoms with E-state index in [0.29, 0.717) is 6.04 Å². The predicted molar refractivity (Wildman–Crippen MR) is 89.3 cm³/mol. The number of para-hydroxylation sites is 1. The maximum Gasteiger partial charge on any atom is 0.205 e. The summed E-state index contributed by atoms with van der Waals surface area (Å²) >= 11 is 1.52. The Hall–Kier alpha value is -1.62. The minimum Gasteiger partial charge on any atom is -0.380 e. The van der Waals surface area contributed by atoms with E-state index in [4.69, 9.17) is 4.98 Å². The number of nitrogens with zero attached hydrogens (tertiary/aromatic N) is 3. The lowest BCUT2D eigenvalue weighted by Crippen LogP contribution is -2.26. The largest absolute Gasteiger partial charge is 0.380 e. The summed E-state index contributed by atoms with van der Waals surface area (Å²) in [6, 6.07) is 10.9. The van der Waals surface area contributed by atoms with Crippen molar-refractivity contribution in [2.75, 3.05) is 23.3 Å². The zero-order chi connectivity index (χ0) is 14.9. The van der Waals surface area contributed by atoms with Crippen molar-refractivity contribution in [3.05, 3.63) is 36.2 Å². The van der Waals surface area contributed by atoms with E-state index >= 15 is 0 Å². The molecule has 1 aromatic heterocycles. The molecule has 0 saturated carbocycles. The van der Waals surface area contributed by atoms with Crippen LogP contribution < -0.4 is 10.2 Å². The first-order valence-electron chi connectivity index (χ1n) is 7.43. The van der Waals surface area contributed by atoms with Gasteiger partial charge in [0.1, 0.15) is 5.82 Å². The normalized spacial score (nSPS) is 19.0. The van der Waals surface area contributed by atoms with Gasteiger partial charge >= 0.3 is 0 Å². The Morgan fingerprint density at radius 2 is 2.00 bits per heavy atom. The van der Waals surface area contributed by atoms with Gasteiger partial charge in [0.2, 0.25) is 5.13 Å². The molecule has 1 aromatic carbocycles. The van der Waals surface area contributed by atoms with E-state index in [0.717, 1.165) is 30.5 Å². The minimum atomic E-state index is 0.0240.